The molecule has 1 amide bonds. The SMILES string of the molecule is COc1cc(C(=O)N2CCN(C/C=C/c3ccccc3)CC2)ccc1OCc1c(C)noc1C. The zero-order chi connectivity index (χ0) is 23.9. The van der Waals surface area contributed by atoms with Gasteiger partial charge in [0.25, 0.3) is 5.91 Å². The minimum absolute atomic E-state index is 0.00931. The fraction of sp³-hybridized carbons (Fsp3) is 0.333. The quantitative estimate of drug-likeness (QED) is 0.497. The van der Waals surface area contributed by atoms with Gasteiger partial charge < -0.3 is 18.9 Å². The monoisotopic (exact) mass is 461 g/mol. The molecule has 0 unspecified atom stereocenters. The maximum Gasteiger partial charge on any atom is 0.254 e. The Hall–Kier alpha value is -3.58. The first-order chi connectivity index (χ1) is 16.5. The van der Waals surface area contributed by atoms with Crippen LogP contribution in [0.2, 0.25) is 0 Å². The van der Waals surface area contributed by atoms with Crippen LogP contribution in [0.25, 0.3) is 6.08 Å². The fourth-order valence-electron chi connectivity index (χ4n) is 4.00. The maximum atomic E-state index is 13.1. The fourth-order valence-corrected chi connectivity index (χ4v) is 4.00. The summed E-state index contributed by atoms with van der Waals surface area (Å²) in [7, 11) is 1.58. The minimum Gasteiger partial charge on any atom is -0.493 e. The zero-order valence-corrected chi connectivity index (χ0v) is 20.0. The van der Waals surface area contributed by atoms with Gasteiger partial charge in [0.05, 0.1) is 18.4 Å². The highest BCUT2D eigenvalue weighted by Gasteiger charge is 2.23. The van der Waals surface area contributed by atoms with Gasteiger partial charge in [-0.15, -0.1) is 0 Å². The van der Waals surface area contributed by atoms with Crippen LogP contribution in [0.15, 0.2) is 59.1 Å². The van der Waals surface area contributed by atoms with Crippen molar-refractivity contribution < 1.29 is 18.8 Å². The van der Waals surface area contributed by atoms with E-state index >= 15 is 0 Å². The van der Waals surface area contributed by atoms with E-state index < -0.39 is 0 Å². The van der Waals surface area contributed by atoms with Crippen LogP contribution < -0.4 is 9.47 Å². The number of rotatable bonds is 8. The molecule has 1 fully saturated rings. The Kier molecular flexibility index (Phi) is 7.65. The van der Waals surface area contributed by atoms with Crippen molar-refractivity contribution in [2.75, 3.05) is 39.8 Å². The largest absolute Gasteiger partial charge is 0.493 e. The Bertz CT molecular complexity index is 1110. The summed E-state index contributed by atoms with van der Waals surface area (Å²) in [5, 5.41) is 3.95. The molecule has 178 valence electrons. The average molecular weight is 462 g/mol. The maximum absolute atomic E-state index is 13.1. The average Bonchev–Trinajstić information content (AvgIpc) is 3.20. The van der Waals surface area contributed by atoms with Crippen molar-refractivity contribution in [2.45, 2.75) is 20.5 Å². The normalized spacial score (nSPS) is 14.5. The third kappa shape index (κ3) is 5.66. The molecule has 0 bridgehead atoms. The molecule has 0 N–H and O–H groups in total. The summed E-state index contributed by atoms with van der Waals surface area (Å²) in [5.74, 6) is 1.85. The third-order valence-corrected chi connectivity index (χ3v) is 6.10. The predicted octanol–water partition coefficient (Wildman–Crippen LogP) is 4.35. The van der Waals surface area contributed by atoms with Gasteiger partial charge in [0.15, 0.2) is 11.5 Å². The standard InChI is InChI=1S/C27H31N3O4/c1-20-24(21(2)34-28-20)19-33-25-12-11-23(18-26(25)32-3)27(31)30-16-14-29(15-17-30)13-7-10-22-8-5-4-6-9-22/h4-12,18H,13-17,19H2,1-3H3/b10-7+. The minimum atomic E-state index is 0.00931. The number of hydrogen-bond acceptors (Lipinski definition) is 6. The van der Waals surface area contributed by atoms with Crippen LogP contribution in [0.4, 0.5) is 0 Å². The number of piperazine rings is 1. The number of methoxy groups -OCH3 is 1. The van der Waals surface area contributed by atoms with Gasteiger partial charge in [0.1, 0.15) is 12.4 Å². The van der Waals surface area contributed by atoms with Crippen LogP contribution in [0.5, 0.6) is 11.5 Å². The predicted molar refractivity (Wildman–Crippen MR) is 131 cm³/mol. The van der Waals surface area contributed by atoms with E-state index in [9.17, 15) is 4.79 Å². The number of nitrogens with zero attached hydrogens (tertiary/aromatic N) is 3. The van der Waals surface area contributed by atoms with Gasteiger partial charge in [-0.25, -0.2) is 0 Å². The Balaban J connectivity index is 1.31. The molecule has 1 aliphatic heterocycles. The Labute approximate surface area is 200 Å². The van der Waals surface area contributed by atoms with Gasteiger partial charge >= 0.3 is 0 Å². The molecule has 0 saturated carbocycles. The van der Waals surface area contributed by atoms with Crippen LogP contribution >= 0.6 is 0 Å². The van der Waals surface area contributed by atoms with E-state index in [1.165, 1.54) is 5.56 Å². The number of carbonyl (C=O) groups is 1. The lowest BCUT2D eigenvalue weighted by molar-refractivity contribution is 0.0650. The number of benzene rings is 2. The van der Waals surface area contributed by atoms with E-state index in [1.54, 1.807) is 25.3 Å². The Morgan fingerprint density at radius 3 is 2.50 bits per heavy atom. The molecule has 4 rings (SSSR count). The Morgan fingerprint density at radius 1 is 1.06 bits per heavy atom. The highest BCUT2D eigenvalue weighted by atomic mass is 16.5. The number of hydrogen-bond donors (Lipinski definition) is 0. The van der Waals surface area contributed by atoms with Gasteiger partial charge in [-0.1, -0.05) is 47.6 Å². The van der Waals surface area contributed by atoms with Crippen LogP contribution in [0, 0.1) is 13.8 Å². The van der Waals surface area contributed by atoms with E-state index in [0.717, 1.165) is 36.7 Å². The molecule has 3 aromatic rings. The summed E-state index contributed by atoms with van der Waals surface area (Å²) in [5.41, 5.74) is 3.51. The number of aryl methyl sites for hydroxylation is 2. The summed E-state index contributed by atoms with van der Waals surface area (Å²) >= 11 is 0. The lowest BCUT2D eigenvalue weighted by atomic mass is 10.1. The van der Waals surface area contributed by atoms with Gasteiger partial charge in [0.2, 0.25) is 0 Å². The van der Waals surface area contributed by atoms with Gasteiger partial charge in [-0.2, -0.15) is 0 Å². The molecule has 34 heavy (non-hydrogen) atoms. The molecule has 0 spiro atoms. The van der Waals surface area contributed by atoms with E-state index in [2.05, 4.69) is 34.3 Å². The molecule has 0 atom stereocenters. The zero-order valence-electron chi connectivity index (χ0n) is 20.0. The highest BCUT2D eigenvalue weighted by molar-refractivity contribution is 5.95. The second kappa shape index (κ2) is 11.0. The molecule has 1 saturated heterocycles. The second-order valence-electron chi connectivity index (χ2n) is 8.36. The second-order valence-corrected chi connectivity index (χ2v) is 8.36. The molecule has 2 heterocycles. The summed E-state index contributed by atoms with van der Waals surface area (Å²) in [6.07, 6.45) is 4.32. The van der Waals surface area contributed by atoms with Crippen molar-refractivity contribution in [3.63, 3.8) is 0 Å². The number of amides is 1. The summed E-state index contributed by atoms with van der Waals surface area (Å²) in [6, 6.07) is 15.6. The van der Waals surface area contributed by atoms with E-state index in [0.29, 0.717) is 36.8 Å². The van der Waals surface area contributed by atoms with Crippen molar-refractivity contribution in [2.24, 2.45) is 0 Å². The molecular formula is C27H31N3O4. The molecule has 0 radical (unpaired) electrons. The first-order valence-corrected chi connectivity index (χ1v) is 11.5. The summed E-state index contributed by atoms with van der Waals surface area (Å²) in [4.78, 5) is 17.4. The van der Waals surface area contributed by atoms with Crippen molar-refractivity contribution >= 4 is 12.0 Å². The smallest absolute Gasteiger partial charge is 0.254 e. The molecule has 1 aromatic heterocycles. The third-order valence-electron chi connectivity index (χ3n) is 6.10. The van der Waals surface area contributed by atoms with Crippen LogP contribution in [-0.2, 0) is 6.61 Å². The lowest BCUT2D eigenvalue weighted by Gasteiger charge is -2.34. The van der Waals surface area contributed by atoms with Crippen LogP contribution in [-0.4, -0.2) is 60.7 Å². The van der Waals surface area contributed by atoms with E-state index in [1.807, 2.05) is 36.9 Å². The number of carbonyl (C=O) groups excluding carboxylic acids is 1. The van der Waals surface area contributed by atoms with Crippen molar-refractivity contribution in [1.29, 1.82) is 0 Å². The molecular weight excluding hydrogens is 430 g/mol. The van der Waals surface area contributed by atoms with Crippen LogP contribution in [0.1, 0.15) is 32.9 Å². The number of aromatic nitrogens is 1. The summed E-state index contributed by atoms with van der Waals surface area (Å²) in [6.45, 7) is 8.04. The molecule has 0 aliphatic carbocycles. The molecule has 1 aliphatic rings. The van der Waals surface area contributed by atoms with Gasteiger partial charge in [0, 0.05) is 38.3 Å². The van der Waals surface area contributed by atoms with Gasteiger partial charge in [-0.3, -0.25) is 9.69 Å². The van der Waals surface area contributed by atoms with Crippen molar-refractivity contribution in [3.05, 3.63) is 82.8 Å². The Morgan fingerprint density at radius 2 is 1.82 bits per heavy atom. The molecule has 7 heteroatoms. The lowest BCUT2D eigenvalue weighted by Crippen LogP contribution is -2.48. The summed E-state index contributed by atoms with van der Waals surface area (Å²) < 4.78 is 16.6. The molecule has 2 aromatic carbocycles. The van der Waals surface area contributed by atoms with Crippen molar-refractivity contribution in [1.82, 2.24) is 15.0 Å². The van der Waals surface area contributed by atoms with E-state index in [-0.39, 0.29) is 5.91 Å². The van der Waals surface area contributed by atoms with Crippen molar-refractivity contribution in [3.8, 4) is 11.5 Å². The van der Waals surface area contributed by atoms with Crippen LogP contribution in [0.3, 0.4) is 0 Å². The van der Waals surface area contributed by atoms with E-state index in [4.69, 9.17) is 14.0 Å². The van der Waals surface area contributed by atoms with Gasteiger partial charge in [-0.05, 0) is 37.6 Å². The highest BCUT2D eigenvalue weighted by Crippen LogP contribution is 2.30. The number of ether oxygens (including phenoxy) is 2. The topological polar surface area (TPSA) is 68.0 Å². The first kappa shape index (κ1) is 23.6. The molecule has 7 nitrogen and oxygen atoms in total. The first-order valence-electron chi connectivity index (χ1n) is 11.5.